The number of aryl methyl sites for hydroxylation is 1. The fourth-order valence-corrected chi connectivity index (χ4v) is 3.26. The number of hydrogen-bond donors (Lipinski definition) is 1. The van der Waals surface area contributed by atoms with Crippen molar-refractivity contribution in [3.8, 4) is 23.0 Å². The zero-order valence-electron chi connectivity index (χ0n) is 20.7. The van der Waals surface area contributed by atoms with E-state index in [2.05, 4.69) is 29.6 Å². The standard InChI is InChI=1S/C28H32N2O5/c1-5-32-24-15-13-23(17-27(24)34-7-3)28(31)30-29-18-22-12-14-25(26(16-22)33-6-2)35-19-21-10-8-20(4)9-11-21/h8-18H,5-7,19H2,1-4H3,(H,30,31)/b29-18+. The van der Waals surface area contributed by atoms with Gasteiger partial charge in [-0.05, 0) is 75.2 Å². The normalized spacial score (nSPS) is 10.7. The molecule has 1 N–H and O–H groups in total. The molecular weight excluding hydrogens is 444 g/mol. The summed E-state index contributed by atoms with van der Waals surface area (Å²) in [5.74, 6) is 2.03. The van der Waals surface area contributed by atoms with E-state index in [-0.39, 0.29) is 5.91 Å². The molecule has 3 aromatic rings. The molecule has 0 heterocycles. The quantitative estimate of drug-likeness (QED) is 0.275. The van der Waals surface area contributed by atoms with E-state index in [1.54, 1.807) is 24.4 Å². The van der Waals surface area contributed by atoms with Crippen LogP contribution in [0.25, 0.3) is 0 Å². The summed E-state index contributed by atoms with van der Waals surface area (Å²) in [5.41, 5.74) is 6.01. The first-order valence-corrected chi connectivity index (χ1v) is 11.7. The summed E-state index contributed by atoms with van der Waals surface area (Å²) in [6, 6.07) is 18.8. The molecule has 3 rings (SSSR count). The van der Waals surface area contributed by atoms with Crippen molar-refractivity contribution in [3.63, 3.8) is 0 Å². The minimum absolute atomic E-state index is 0.353. The number of benzene rings is 3. The van der Waals surface area contributed by atoms with Crippen molar-refractivity contribution in [1.29, 1.82) is 0 Å². The van der Waals surface area contributed by atoms with Crippen LogP contribution in [-0.4, -0.2) is 31.9 Å². The molecule has 0 unspecified atom stereocenters. The molecule has 184 valence electrons. The third-order valence-electron chi connectivity index (χ3n) is 4.97. The summed E-state index contributed by atoms with van der Waals surface area (Å²) >= 11 is 0. The van der Waals surface area contributed by atoms with Crippen molar-refractivity contribution in [2.75, 3.05) is 19.8 Å². The van der Waals surface area contributed by atoms with Gasteiger partial charge in [-0.2, -0.15) is 5.10 Å². The smallest absolute Gasteiger partial charge is 0.271 e. The summed E-state index contributed by atoms with van der Waals surface area (Å²) in [6.07, 6.45) is 1.56. The molecule has 7 nitrogen and oxygen atoms in total. The molecular formula is C28H32N2O5. The maximum absolute atomic E-state index is 12.6. The molecule has 0 aliphatic heterocycles. The number of nitrogens with one attached hydrogen (secondary N) is 1. The molecule has 0 saturated carbocycles. The molecule has 35 heavy (non-hydrogen) atoms. The average molecular weight is 477 g/mol. The van der Waals surface area contributed by atoms with Crippen LogP contribution in [0.15, 0.2) is 65.8 Å². The van der Waals surface area contributed by atoms with Gasteiger partial charge in [0.05, 0.1) is 26.0 Å². The first-order chi connectivity index (χ1) is 17.0. The molecule has 0 bridgehead atoms. The highest BCUT2D eigenvalue weighted by atomic mass is 16.5. The monoisotopic (exact) mass is 476 g/mol. The fourth-order valence-electron chi connectivity index (χ4n) is 3.26. The minimum atomic E-state index is -0.353. The largest absolute Gasteiger partial charge is 0.490 e. The van der Waals surface area contributed by atoms with Crippen molar-refractivity contribution in [2.45, 2.75) is 34.3 Å². The molecule has 0 spiro atoms. The number of ether oxygens (including phenoxy) is 4. The zero-order valence-corrected chi connectivity index (χ0v) is 20.7. The zero-order chi connectivity index (χ0) is 25.0. The van der Waals surface area contributed by atoms with E-state index >= 15 is 0 Å². The van der Waals surface area contributed by atoms with Crippen LogP contribution in [0.1, 0.15) is 47.8 Å². The van der Waals surface area contributed by atoms with Crippen molar-refractivity contribution in [2.24, 2.45) is 5.10 Å². The van der Waals surface area contributed by atoms with Gasteiger partial charge in [0.25, 0.3) is 5.91 Å². The molecule has 0 fully saturated rings. The Morgan fingerprint density at radius 3 is 2.06 bits per heavy atom. The Morgan fingerprint density at radius 1 is 0.771 bits per heavy atom. The van der Waals surface area contributed by atoms with Crippen LogP contribution in [0.4, 0.5) is 0 Å². The molecule has 0 aliphatic rings. The number of hydrogen-bond acceptors (Lipinski definition) is 6. The van der Waals surface area contributed by atoms with Gasteiger partial charge in [0.15, 0.2) is 23.0 Å². The van der Waals surface area contributed by atoms with Gasteiger partial charge >= 0.3 is 0 Å². The Morgan fingerprint density at radius 2 is 1.37 bits per heavy atom. The molecule has 0 saturated heterocycles. The van der Waals surface area contributed by atoms with Crippen molar-refractivity contribution in [3.05, 3.63) is 82.9 Å². The van der Waals surface area contributed by atoms with Gasteiger partial charge in [-0.3, -0.25) is 4.79 Å². The van der Waals surface area contributed by atoms with Crippen LogP contribution in [0.2, 0.25) is 0 Å². The van der Waals surface area contributed by atoms with Crippen molar-refractivity contribution < 1.29 is 23.7 Å². The van der Waals surface area contributed by atoms with Gasteiger partial charge in [-0.15, -0.1) is 0 Å². The van der Waals surface area contributed by atoms with Crippen LogP contribution < -0.4 is 24.4 Å². The highest BCUT2D eigenvalue weighted by Gasteiger charge is 2.11. The molecule has 3 aromatic carbocycles. The molecule has 0 aromatic heterocycles. The second-order valence-electron chi connectivity index (χ2n) is 7.64. The van der Waals surface area contributed by atoms with E-state index in [0.717, 1.165) is 11.1 Å². The summed E-state index contributed by atoms with van der Waals surface area (Å²) in [7, 11) is 0. The topological polar surface area (TPSA) is 78.4 Å². The Balaban J connectivity index is 1.65. The molecule has 0 aliphatic carbocycles. The number of hydrazone groups is 1. The Labute approximate surface area is 206 Å². The lowest BCUT2D eigenvalue weighted by Crippen LogP contribution is -2.17. The van der Waals surface area contributed by atoms with Gasteiger partial charge < -0.3 is 18.9 Å². The second-order valence-corrected chi connectivity index (χ2v) is 7.64. The summed E-state index contributed by atoms with van der Waals surface area (Å²) in [4.78, 5) is 12.6. The number of rotatable bonds is 12. The van der Waals surface area contributed by atoms with E-state index in [9.17, 15) is 4.79 Å². The Kier molecular flexibility index (Phi) is 9.54. The molecule has 0 atom stereocenters. The fraction of sp³-hybridized carbons (Fsp3) is 0.286. The summed E-state index contributed by atoms with van der Waals surface area (Å²) in [5, 5.41) is 4.09. The molecule has 7 heteroatoms. The Bertz CT molecular complexity index is 1140. The maximum Gasteiger partial charge on any atom is 0.271 e. The van der Waals surface area contributed by atoms with Gasteiger partial charge in [0, 0.05) is 5.56 Å². The third-order valence-corrected chi connectivity index (χ3v) is 4.97. The van der Waals surface area contributed by atoms with Gasteiger partial charge in [0.2, 0.25) is 0 Å². The van der Waals surface area contributed by atoms with Crippen LogP contribution in [0, 0.1) is 6.92 Å². The van der Waals surface area contributed by atoms with Gasteiger partial charge in [-0.1, -0.05) is 29.8 Å². The van der Waals surface area contributed by atoms with Crippen molar-refractivity contribution in [1.82, 2.24) is 5.43 Å². The highest BCUT2D eigenvalue weighted by Crippen LogP contribution is 2.30. The van der Waals surface area contributed by atoms with Crippen molar-refractivity contribution >= 4 is 12.1 Å². The van der Waals surface area contributed by atoms with Gasteiger partial charge in [0.1, 0.15) is 6.61 Å². The SMILES string of the molecule is CCOc1ccc(C(=O)N/N=C/c2ccc(OCc3ccc(C)cc3)c(OCC)c2)cc1OCC. The Hall–Kier alpha value is -4.00. The predicted molar refractivity (Wildman–Crippen MR) is 137 cm³/mol. The summed E-state index contributed by atoms with van der Waals surface area (Å²) in [6.45, 7) is 9.65. The van der Waals surface area contributed by atoms with Gasteiger partial charge in [-0.25, -0.2) is 5.43 Å². The lowest BCUT2D eigenvalue weighted by Gasteiger charge is -2.13. The number of nitrogens with zero attached hydrogens (tertiary/aromatic N) is 1. The molecule has 1 amide bonds. The van der Waals surface area contributed by atoms with Crippen LogP contribution in [0.5, 0.6) is 23.0 Å². The first-order valence-electron chi connectivity index (χ1n) is 11.7. The highest BCUT2D eigenvalue weighted by molar-refractivity contribution is 5.95. The first kappa shape index (κ1) is 25.6. The lowest BCUT2D eigenvalue weighted by atomic mass is 10.2. The number of carbonyl (C=O) groups excluding carboxylic acids is 1. The third kappa shape index (κ3) is 7.50. The van der Waals surface area contributed by atoms with Crippen LogP contribution in [-0.2, 0) is 6.61 Å². The maximum atomic E-state index is 12.6. The van der Waals surface area contributed by atoms with E-state index in [4.69, 9.17) is 18.9 Å². The van der Waals surface area contributed by atoms with Crippen LogP contribution in [0.3, 0.4) is 0 Å². The molecule has 0 radical (unpaired) electrons. The summed E-state index contributed by atoms with van der Waals surface area (Å²) < 4.78 is 22.8. The van der Waals surface area contributed by atoms with E-state index < -0.39 is 0 Å². The lowest BCUT2D eigenvalue weighted by molar-refractivity contribution is 0.0954. The second kappa shape index (κ2) is 13.0. The predicted octanol–water partition coefficient (Wildman–Crippen LogP) is 5.53. The van der Waals surface area contributed by atoms with E-state index in [1.165, 1.54) is 5.56 Å². The number of amides is 1. The van der Waals surface area contributed by atoms with Crippen LogP contribution >= 0.6 is 0 Å². The number of carbonyl (C=O) groups is 1. The van der Waals surface area contributed by atoms with E-state index in [0.29, 0.717) is 55.0 Å². The average Bonchev–Trinajstić information content (AvgIpc) is 2.86. The minimum Gasteiger partial charge on any atom is -0.490 e. The van der Waals surface area contributed by atoms with E-state index in [1.807, 2.05) is 51.1 Å².